The summed E-state index contributed by atoms with van der Waals surface area (Å²) in [7, 11) is 0. The van der Waals surface area contributed by atoms with Crippen LogP contribution in [0.15, 0.2) is 18.2 Å². The second-order valence-corrected chi connectivity index (χ2v) is 5.31. The second kappa shape index (κ2) is 8.32. The molecule has 0 aliphatic heterocycles. The minimum absolute atomic E-state index is 0.0217. The summed E-state index contributed by atoms with van der Waals surface area (Å²) in [6.45, 7) is 0.650. The lowest BCUT2D eigenvalue weighted by molar-refractivity contribution is -0.116. The van der Waals surface area contributed by atoms with Crippen LogP contribution in [0.4, 0.5) is 5.69 Å². The quantitative estimate of drug-likeness (QED) is 0.536. The van der Waals surface area contributed by atoms with Crippen LogP contribution >= 0.6 is 0 Å². The Morgan fingerprint density at radius 3 is 2.74 bits per heavy atom. The highest BCUT2D eigenvalue weighted by Crippen LogP contribution is 2.26. The van der Waals surface area contributed by atoms with Gasteiger partial charge in [-0.1, -0.05) is 11.8 Å². The standard InChI is InChI=1S/C17H21N3O3/c18-9-1-3-12-11-13(20-16(21)4-2-10-19)5-8-15(12)17(22)23-14-6-7-14/h5,8,11,14H,2,4,6-7,9-10,18-19H2,(H,20,21). The average molecular weight is 315 g/mol. The van der Waals surface area contributed by atoms with Crippen LogP contribution < -0.4 is 16.8 Å². The first-order chi connectivity index (χ1) is 11.1. The molecule has 23 heavy (non-hydrogen) atoms. The molecule has 6 heteroatoms. The molecule has 122 valence electrons. The summed E-state index contributed by atoms with van der Waals surface area (Å²) in [5, 5.41) is 2.77. The van der Waals surface area contributed by atoms with Gasteiger partial charge in [-0.15, -0.1) is 0 Å². The van der Waals surface area contributed by atoms with Crippen LogP contribution in [-0.2, 0) is 9.53 Å². The molecule has 0 spiro atoms. The Hall–Kier alpha value is -2.36. The molecule has 1 aromatic rings. The molecule has 1 fully saturated rings. The first-order valence-electron chi connectivity index (χ1n) is 7.68. The number of rotatable bonds is 6. The summed E-state index contributed by atoms with van der Waals surface area (Å²) in [5.74, 6) is 5.06. The van der Waals surface area contributed by atoms with Crippen molar-refractivity contribution in [3.8, 4) is 11.8 Å². The topological polar surface area (TPSA) is 107 Å². The van der Waals surface area contributed by atoms with E-state index in [9.17, 15) is 9.59 Å². The average Bonchev–Trinajstić information content (AvgIpc) is 3.34. The summed E-state index contributed by atoms with van der Waals surface area (Å²) in [5.41, 5.74) is 12.2. The number of carbonyl (C=O) groups is 2. The maximum absolute atomic E-state index is 12.1. The lowest BCUT2D eigenvalue weighted by atomic mass is 10.1. The van der Waals surface area contributed by atoms with Crippen molar-refractivity contribution in [1.82, 2.24) is 0 Å². The van der Waals surface area contributed by atoms with Gasteiger partial charge in [-0.3, -0.25) is 4.79 Å². The van der Waals surface area contributed by atoms with Gasteiger partial charge in [-0.05, 0) is 44.0 Å². The molecule has 1 aromatic carbocycles. The first kappa shape index (κ1) is 17.0. The van der Waals surface area contributed by atoms with Crippen molar-refractivity contribution in [1.29, 1.82) is 0 Å². The third kappa shape index (κ3) is 5.40. The number of esters is 1. The van der Waals surface area contributed by atoms with E-state index < -0.39 is 5.97 Å². The minimum atomic E-state index is -0.394. The number of hydrogen-bond donors (Lipinski definition) is 3. The first-order valence-corrected chi connectivity index (χ1v) is 7.68. The second-order valence-electron chi connectivity index (χ2n) is 5.31. The van der Waals surface area contributed by atoms with Gasteiger partial charge in [-0.25, -0.2) is 4.79 Å². The highest BCUT2D eigenvalue weighted by molar-refractivity contribution is 5.95. The molecule has 1 aliphatic carbocycles. The van der Waals surface area contributed by atoms with Gasteiger partial charge in [0.05, 0.1) is 12.1 Å². The largest absolute Gasteiger partial charge is 0.459 e. The lowest BCUT2D eigenvalue weighted by Gasteiger charge is -2.09. The summed E-state index contributed by atoms with van der Waals surface area (Å²) >= 11 is 0. The van der Waals surface area contributed by atoms with E-state index in [0.717, 1.165) is 12.8 Å². The lowest BCUT2D eigenvalue weighted by Crippen LogP contribution is -2.14. The van der Waals surface area contributed by atoms with Crippen LogP contribution in [0.2, 0.25) is 0 Å². The Morgan fingerprint density at radius 2 is 2.09 bits per heavy atom. The molecule has 0 radical (unpaired) electrons. The molecule has 1 aliphatic rings. The Labute approximate surface area is 135 Å². The molecule has 6 nitrogen and oxygen atoms in total. The number of benzene rings is 1. The maximum Gasteiger partial charge on any atom is 0.339 e. The number of nitrogens with one attached hydrogen (secondary N) is 1. The predicted molar refractivity (Wildman–Crippen MR) is 87.7 cm³/mol. The molecule has 0 bridgehead atoms. The smallest absolute Gasteiger partial charge is 0.339 e. The fourth-order valence-corrected chi connectivity index (χ4v) is 1.94. The van der Waals surface area contributed by atoms with E-state index in [4.69, 9.17) is 16.2 Å². The van der Waals surface area contributed by atoms with Gasteiger partial charge in [0, 0.05) is 17.7 Å². The van der Waals surface area contributed by atoms with E-state index in [2.05, 4.69) is 17.2 Å². The van der Waals surface area contributed by atoms with Crippen LogP contribution in [-0.4, -0.2) is 31.1 Å². The monoisotopic (exact) mass is 315 g/mol. The zero-order valence-electron chi connectivity index (χ0n) is 12.9. The molecule has 0 aromatic heterocycles. The van der Waals surface area contributed by atoms with Crippen LogP contribution in [0.1, 0.15) is 41.6 Å². The third-order valence-corrected chi connectivity index (χ3v) is 3.25. The van der Waals surface area contributed by atoms with Crippen LogP contribution in [0.5, 0.6) is 0 Å². The van der Waals surface area contributed by atoms with Gasteiger partial charge in [0.2, 0.25) is 5.91 Å². The molecule has 5 N–H and O–H groups in total. The van der Waals surface area contributed by atoms with Crippen molar-refractivity contribution in [3.63, 3.8) is 0 Å². The van der Waals surface area contributed by atoms with Gasteiger partial charge in [0.1, 0.15) is 6.10 Å². The van der Waals surface area contributed by atoms with Crippen LogP contribution in [0.3, 0.4) is 0 Å². The van der Waals surface area contributed by atoms with Crippen LogP contribution in [0.25, 0.3) is 0 Å². The summed E-state index contributed by atoms with van der Waals surface area (Å²) < 4.78 is 5.30. The van der Waals surface area contributed by atoms with Crippen molar-refractivity contribution in [2.24, 2.45) is 11.5 Å². The van der Waals surface area contributed by atoms with Crippen molar-refractivity contribution < 1.29 is 14.3 Å². The number of carbonyl (C=O) groups excluding carboxylic acids is 2. The summed E-state index contributed by atoms with van der Waals surface area (Å²) in [6, 6.07) is 4.94. The third-order valence-electron chi connectivity index (χ3n) is 3.25. The van der Waals surface area contributed by atoms with Gasteiger partial charge in [0.15, 0.2) is 0 Å². The molecule has 0 heterocycles. The molecule has 0 unspecified atom stereocenters. The van der Waals surface area contributed by atoms with Crippen molar-refractivity contribution in [3.05, 3.63) is 29.3 Å². The molecule has 0 saturated heterocycles. The Morgan fingerprint density at radius 1 is 1.30 bits per heavy atom. The Balaban J connectivity index is 2.15. The highest BCUT2D eigenvalue weighted by atomic mass is 16.5. The van der Waals surface area contributed by atoms with E-state index in [1.807, 2.05) is 0 Å². The van der Waals surface area contributed by atoms with Gasteiger partial charge in [-0.2, -0.15) is 0 Å². The SMILES string of the molecule is NCC#Cc1cc(NC(=O)CCCN)ccc1C(=O)OC1CC1. The van der Waals surface area contributed by atoms with Crippen molar-refractivity contribution in [2.75, 3.05) is 18.4 Å². The molecule has 2 rings (SSSR count). The van der Waals surface area contributed by atoms with E-state index >= 15 is 0 Å². The van der Waals surface area contributed by atoms with E-state index in [0.29, 0.717) is 36.2 Å². The number of hydrogen-bond acceptors (Lipinski definition) is 5. The number of nitrogens with two attached hydrogens (primary N) is 2. The Kier molecular flexibility index (Phi) is 6.15. The summed E-state index contributed by atoms with van der Waals surface area (Å²) in [4.78, 5) is 23.9. The molecular weight excluding hydrogens is 294 g/mol. The molecule has 0 atom stereocenters. The fraction of sp³-hybridized carbons (Fsp3) is 0.412. The van der Waals surface area contributed by atoms with E-state index in [1.165, 1.54) is 0 Å². The maximum atomic E-state index is 12.1. The molecule has 1 amide bonds. The van der Waals surface area contributed by atoms with Gasteiger partial charge < -0.3 is 21.5 Å². The van der Waals surface area contributed by atoms with Crippen LogP contribution in [0, 0.1) is 11.8 Å². The number of anilines is 1. The van der Waals surface area contributed by atoms with Crippen molar-refractivity contribution >= 4 is 17.6 Å². The van der Waals surface area contributed by atoms with E-state index in [-0.39, 0.29) is 18.6 Å². The molecular formula is C17H21N3O3. The predicted octanol–water partition coefficient (Wildman–Crippen LogP) is 0.993. The fourth-order valence-electron chi connectivity index (χ4n) is 1.94. The normalized spacial score (nSPS) is 13.0. The van der Waals surface area contributed by atoms with Gasteiger partial charge >= 0.3 is 5.97 Å². The van der Waals surface area contributed by atoms with Crippen molar-refractivity contribution in [2.45, 2.75) is 31.8 Å². The Bertz CT molecular complexity index is 642. The number of amides is 1. The van der Waals surface area contributed by atoms with E-state index in [1.54, 1.807) is 18.2 Å². The van der Waals surface area contributed by atoms with Gasteiger partial charge in [0.25, 0.3) is 0 Å². The minimum Gasteiger partial charge on any atom is -0.459 e. The zero-order valence-corrected chi connectivity index (χ0v) is 12.9. The molecule has 1 saturated carbocycles. The highest BCUT2D eigenvalue weighted by Gasteiger charge is 2.27. The number of ether oxygens (including phenoxy) is 1. The zero-order chi connectivity index (χ0) is 16.7. The summed E-state index contributed by atoms with van der Waals surface area (Å²) in [6.07, 6.45) is 2.81.